The van der Waals surface area contributed by atoms with Gasteiger partial charge in [-0.1, -0.05) is 36.0 Å². The zero-order valence-corrected chi connectivity index (χ0v) is 19.7. The summed E-state index contributed by atoms with van der Waals surface area (Å²) in [5, 5.41) is 2.94. The van der Waals surface area contributed by atoms with E-state index >= 15 is 0 Å². The second-order valence-corrected chi connectivity index (χ2v) is 8.75. The predicted molar refractivity (Wildman–Crippen MR) is 129 cm³/mol. The molecule has 3 rings (SSSR count). The second-order valence-electron chi connectivity index (χ2n) is 7.58. The zero-order valence-electron chi connectivity index (χ0n) is 18.9. The molecule has 1 fully saturated rings. The van der Waals surface area contributed by atoms with Gasteiger partial charge in [-0.05, 0) is 49.6 Å². The average Bonchev–Trinajstić information content (AvgIpc) is 3.05. The number of thioether (sulfide) groups is 1. The molecular weight excluding hydrogens is 426 g/mol. The summed E-state index contributed by atoms with van der Waals surface area (Å²) in [5.41, 5.74) is 3.54. The molecule has 1 atom stereocenters. The van der Waals surface area contributed by atoms with Crippen molar-refractivity contribution in [1.82, 2.24) is 4.90 Å². The van der Waals surface area contributed by atoms with Crippen LogP contribution in [0.15, 0.2) is 47.5 Å². The molecule has 1 N–H and O–H groups in total. The quantitative estimate of drug-likeness (QED) is 0.570. The molecule has 2 aromatic rings. The van der Waals surface area contributed by atoms with E-state index < -0.39 is 5.25 Å². The van der Waals surface area contributed by atoms with Crippen molar-refractivity contribution < 1.29 is 19.1 Å². The van der Waals surface area contributed by atoms with Crippen molar-refractivity contribution in [3.05, 3.63) is 53.6 Å². The maximum atomic E-state index is 13.1. The molecule has 0 radical (unpaired) electrons. The highest BCUT2D eigenvalue weighted by Gasteiger charge is 2.39. The van der Waals surface area contributed by atoms with Gasteiger partial charge in [0, 0.05) is 26.7 Å². The molecule has 1 heterocycles. The van der Waals surface area contributed by atoms with E-state index in [2.05, 4.69) is 5.32 Å². The number of carbonyl (C=O) groups is 2. The third-order valence-corrected chi connectivity index (χ3v) is 6.26. The molecule has 2 amide bonds. The van der Waals surface area contributed by atoms with E-state index in [9.17, 15) is 9.59 Å². The molecule has 170 valence electrons. The number of nitrogens with one attached hydrogen (secondary N) is 1. The minimum atomic E-state index is -0.531. The Morgan fingerprint density at radius 2 is 1.97 bits per heavy atom. The summed E-state index contributed by atoms with van der Waals surface area (Å²) in [6.45, 7) is 5.04. The summed E-state index contributed by atoms with van der Waals surface area (Å²) < 4.78 is 10.4. The van der Waals surface area contributed by atoms with Crippen LogP contribution in [-0.2, 0) is 14.3 Å². The number of aryl methyl sites for hydroxylation is 2. The lowest BCUT2D eigenvalue weighted by Crippen LogP contribution is -2.34. The monoisotopic (exact) mass is 455 g/mol. The summed E-state index contributed by atoms with van der Waals surface area (Å²) in [4.78, 5) is 32.3. The molecule has 1 aliphatic rings. The van der Waals surface area contributed by atoms with Crippen LogP contribution in [0.2, 0.25) is 0 Å². The van der Waals surface area contributed by atoms with E-state index in [-0.39, 0.29) is 18.2 Å². The van der Waals surface area contributed by atoms with Crippen molar-refractivity contribution in [3.63, 3.8) is 0 Å². The fraction of sp³-hybridized carbons (Fsp3) is 0.375. The largest absolute Gasteiger partial charge is 0.495 e. The summed E-state index contributed by atoms with van der Waals surface area (Å²) >= 11 is 1.34. The van der Waals surface area contributed by atoms with Crippen molar-refractivity contribution >= 4 is 40.1 Å². The number of anilines is 1. The lowest BCUT2D eigenvalue weighted by atomic mass is 10.1. The number of para-hydroxylation sites is 2. The van der Waals surface area contributed by atoms with Gasteiger partial charge in [-0.25, -0.2) is 4.99 Å². The molecule has 32 heavy (non-hydrogen) atoms. The molecule has 0 spiro atoms. The molecule has 1 unspecified atom stereocenters. The first-order chi connectivity index (χ1) is 15.4. The SMILES string of the molecule is COCCCN1C(=O)C(CC(=O)Nc2ccccc2OC)SC1=Nc1cc(C)ccc1C. The van der Waals surface area contributed by atoms with Gasteiger partial charge in [0.25, 0.3) is 0 Å². The van der Waals surface area contributed by atoms with Crippen LogP contribution in [0, 0.1) is 13.8 Å². The minimum absolute atomic E-state index is 0.0497. The topological polar surface area (TPSA) is 80.2 Å². The third-order valence-electron chi connectivity index (χ3n) is 5.08. The van der Waals surface area contributed by atoms with Gasteiger partial charge in [-0.3, -0.25) is 14.5 Å². The number of carbonyl (C=O) groups excluding carboxylic acids is 2. The fourth-order valence-electron chi connectivity index (χ4n) is 3.36. The van der Waals surface area contributed by atoms with Crippen LogP contribution in [0.25, 0.3) is 0 Å². The number of aliphatic imine (C=N–C) groups is 1. The maximum absolute atomic E-state index is 13.1. The molecule has 0 bridgehead atoms. The van der Waals surface area contributed by atoms with Crippen LogP contribution < -0.4 is 10.1 Å². The van der Waals surface area contributed by atoms with Crippen LogP contribution in [0.4, 0.5) is 11.4 Å². The Kier molecular flexibility index (Phi) is 8.30. The number of hydrogen-bond donors (Lipinski definition) is 1. The standard InChI is InChI=1S/C24H29N3O4S/c1-16-10-11-17(2)19(14-16)26-24-27(12-7-13-30-3)23(29)21(32-24)15-22(28)25-18-8-5-6-9-20(18)31-4/h5-6,8-11,14,21H,7,12-13,15H2,1-4H3,(H,25,28). The number of amides is 2. The van der Waals surface area contributed by atoms with Gasteiger partial charge >= 0.3 is 0 Å². The molecule has 1 aliphatic heterocycles. The minimum Gasteiger partial charge on any atom is -0.495 e. The first-order valence-electron chi connectivity index (χ1n) is 10.5. The highest BCUT2D eigenvalue weighted by atomic mass is 32.2. The predicted octanol–water partition coefficient (Wildman–Crippen LogP) is 4.31. The van der Waals surface area contributed by atoms with Crippen molar-refractivity contribution in [2.45, 2.75) is 31.9 Å². The Morgan fingerprint density at radius 1 is 1.19 bits per heavy atom. The number of nitrogens with zero attached hydrogens (tertiary/aromatic N) is 2. The number of ether oxygens (including phenoxy) is 2. The van der Waals surface area contributed by atoms with Crippen molar-refractivity contribution in [2.24, 2.45) is 4.99 Å². The van der Waals surface area contributed by atoms with E-state index in [0.29, 0.717) is 36.2 Å². The number of amidine groups is 1. The smallest absolute Gasteiger partial charge is 0.242 e. The van der Waals surface area contributed by atoms with E-state index in [0.717, 1.165) is 16.8 Å². The maximum Gasteiger partial charge on any atom is 0.242 e. The van der Waals surface area contributed by atoms with Gasteiger partial charge in [-0.2, -0.15) is 0 Å². The zero-order chi connectivity index (χ0) is 23.1. The number of rotatable bonds is 9. The summed E-state index contributed by atoms with van der Waals surface area (Å²) in [6, 6.07) is 13.3. The Balaban J connectivity index is 1.78. The molecular formula is C24H29N3O4S. The number of hydrogen-bond acceptors (Lipinski definition) is 6. The van der Waals surface area contributed by atoms with Crippen LogP contribution >= 0.6 is 11.8 Å². The fourth-order valence-corrected chi connectivity index (χ4v) is 4.54. The first-order valence-corrected chi connectivity index (χ1v) is 11.4. The molecule has 8 heteroatoms. The van der Waals surface area contributed by atoms with E-state index in [1.54, 1.807) is 31.3 Å². The molecule has 0 saturated carbocycles. The molecule has 0 aliphatic carbocycles. The Hall–Kier alpha value is -2.84. The Morgan fingerprint density at radius 3 is 2.72 bits per heavy atom. The van der Waals surface area contributed by atoms with Crippen LogP contribution in [-0.4, -0.2) is 54.5 Å². The Labute approximate surface area is 193 Å². The first kappa shape index (κ1) is 23.8. The molecule has 0 aromatic heterocycles. The normalized spacial score (nSPS) is 17.1. The number of benzene rings is 2. The van der Waals surface area contributed by atoms with Gasteiger partial charge in [-0.15, -0.1) is 0 Å². The van der Waals surface area contributed by atoms with Gasteiger partial charge in [0.15, 0.2) is 5.17 Å². The van der Waals surface area contributed by atoms with E-state index in [1.807, 2.05) is 44.2 Å². The van der Waals surface area contributed by atoms with Crippen molar-refractivity contribution in [1.29, 1.82) is 0 Å². The number of methoxy groups -OCH3 is 2. The third kappa shape index (κ3) is 5.89. The second kappa shape index (κ2) is 11.2. The van der Waals surface area contributed by atoms with Gasteiger partial charge in [0.1, 0.15) is 11.0 Å². The van der Waals surface area contributed by atoms with E-state index in [4.69, 9.17) is 14.5 Å². The Bertz CT molecular complexity index is 1010. The molecule has 2 aromatic carbocycles. The van der Waals surface area contributed by atoms with Gasteiger partial charge in [0.2, 0.25) is 11.8 Å². The van der Waals surface area contributed by atoms with Gasteiger partial charge in [0.05, 0.1) is 18.5 Å². The van der Waals surface area contributed by atoms with E-state index in [1.165, 1.54) is 11.8 Å². The summed E-state index contributed by atoms with van der Waals surface area (Å²) in [6.07, 6.45) is 0.739. The molecule has 7 nitrogen and oxygen atoms in total. The highest BCUT2D eigenvalue weighted by Crippen LogP contribution is 2.33. The average molecular weight is 456 g/mol. The van der Waals surface area contributed by atoms with Crippen LogP contribution in [0.5, 0.6) is 5.75 Å². The van der Waals surface area contributed by atoms with Crippen molar-refractivity contribution in [2.75, 3.05) is 32.7 Å². The van der Waals surface area contributed by atoms with Gasteiger partial charge < -0.3 is 14.8 Å². The summed E-state index contributed by atoms with van der Waals surface area (Å²) in [5.74, 6) is 0.222. The molecule has 1 saturated heterocycles. The van der Waals surface area contributed by atoms with Crippen molar-refractivity contribution in [3.8, 4) is 5.75 Å². The summed E-state index contributed by atoms with van der Waals surface area (Å²) in [7, 11) is 3.19. The lowest BCUT2D eigenvalue weighted by Gasteiger charge is -2.16. The highest BCUT2D eigenvalue weighted by molar-refractivity contribution is 8.15. The van der Waals surface area contributed by atoms with Crippen LogP contribution in [0.1, 0.15) is 24.0 Å². The van der Waals surface area contributed by atoms with Crippen LogP contribution in [0.3, 0.4) is 0 Å². The lowest BCUT2D eigenvalue weighted by molar-refractivity contribution is -0.128.